The molecule has 0 radical (unpaired) electrons. The van der Waals surface area contributed by atoms with Crippen molar-refractivity contribution in [3.8, 4) is 0 Å². The van der Waals surface area contributed by atoms with Crippen LogP contribution >= 0.6 is 0 Å². The molecule has 6 heteroatoms. The van der Waals surface area contributed by atoms with E-state index in [2.05, 4.69) is 61.5 Å². The molecule has 1 aliphatic carbocycles. The normalized spacial score (nSPS) is 32.5. The third kappa shape index (κ3) is 3.33. The van der Waals surface area contributed by atoms with Crippen molar-refractivity contribution < 1.29 is 18.1 Å². The van der Waals surface area contributed by atoms with Crippen molar-refractivity contribution in [3.05, 3.63) is 12.2 Å². The van der Waals surface area contributed by atoms with Crippen LogP contribution in [0.1, 0.15) is 55.4 Å². The largest absolute Gasteiger partial charge is 0.414 e. The van der Waals surface area contributed by atoms with Crippen molar-refractivity contribution in [1.29, 1.82) is 0 Å². The summed E-state index contributed by atoms with van der Waals surface area (Å²) in [7, 11) is -5.01. The molecule has 1 saturated heterocycles. The van der Waals surface area contributed by atoms with Crippen molar-refractivity contribution in [2.75, 3.05) is 6.61 Å². The molecule has 0 spiro atoms. The van der Waals surface area contributed by atoms with E-state index in [1.807, 2.05) is 6.08 Å². The lowest BCUT2D eigenvalue weighted by Crippen LogP contribution is -2.65. The number of hydrogen-bond acceptors (Lipinski definition) is 4. The van der Waals surface area contributed by atoms with Gasteiger partial charge in [0.25, 0.3) is 0 Å². The maximum atomic E-state index is 10.4. The summed E-state index contributed by atoms with van der Waals surface area (Å²) in [6.07, 6.45) is 3.14. The van der Waals surface area contributed by atoms with Gasteiger partial charge in [-0.25, -0.2) is 0 Å². The number of fused-ring (bicyclic) bond motifs is 1. The number of rotatable bonds is 4. The number of hydrogen-bond donors (Lipinski definition) is 1. The molecule has 1 aliphatic heterocycles. The minimum Gasteiger partial charge on any atom is -0.414 e. The first-order valence-corrected chi connectivity index (χ1v) is 13.4. The molecule has 1 heterocycles. The maximum absolute atomic E-state index is 10.4. The molecular formula is C18H36O4Si2. The second-order valence-corrected chi connectivity index (χ2v) is 17.4. The fraction of sp³-hybridized carbons (Fsp3) is 0.889. The summed E-state index contributed by atoms with van der Waals surface area (Å²) < 4.78 is 20.4. The van der Waals surface area contributed by atoms with Crippen LogP contribution in [0.5, 0.6) is 0 Å². The second-order valence-electron chi connectivity index (χ2n) is 8.60. The van der Waals surface area contributed by atoms with Gasteiger partial charge in [-0.05, 0) is 22.2 Å². The molecule has 2 aliphatic rings. The lowest BCUT2D eigenvalue weighted by Gasteiger charge is -2.51. The van der Waals surface area contributed by atoms with Crippen molar-refractivity contribution >= 4 is 17.1 Å². The van der Waals surface area contributed by atoms with E-state index >= 15 is 0 Å². The van der Waals surface area contributed by atoms with Crippen LogP contribution in [0.3, 0.4) is 0 Å². The van der Waals surface area contributed by atoms with Crippen LogP contribution in [0.4, 0.5) is 0 Å². The van der Waals surface area contributed by atoms with Crippen LogP contribution < -0.4 is 0 Å². The summed E-state index contributed by atoms with van der Waals surface area (Å²) in [5.74, 6) is 0.123. The summed E-state index contributed by atoms with van der Waals surface area (Å²) in [6, 6.07) is 0. The molecule has 0 unspecified atom stereocenters. The summed E-state index contributed by atoms with van der Waals surface area (Å²) in [5.41, 5.74) is 1.32. The van der Waals surface area contributed by atoms with Gasteiger partial charge in [-0.2, -0.15) is 0 Å². The zero-order chi connectivity index (χ0) is 18.3. The van der Waals surface area contributed by atoms with Crippen molar-refractivity contribution in [3.63, 3.8) is 0 Å². The van der Waals surface area contributed by atoms with E-state index in [0.29, 0.717) is 28.8 Å². The monoisotopic (exact) mass is 372 g/mol. The molecule has 24 heavy (non-hydrogen) atoms. The van der Waals surface area contributed by atoms with Gasteiger partial charge < -0.3 is 18.1 Å². The van der Waals surface area contributed by atoms with Crippen molar-refractivity contribution in [2.24, 2.45) is 5.92 Å². The van der Waals surface area contributed by atoms with E-state index in [0.717, 1.165) is 0 Å². The van der Waals surface area contributed by atoms with Gasteiger partial charge in [0, 0.05) is 12.5 Å². The van der Waals surface area contributed by atoms with Crippen LogP contribution in [0, 0.1) is 5.92 Å². The Balaban J connectivity index is 2.52. The molecule has 0 aromatic carbocycles. The van der Waals surface area contributed by atoms with E-state index in [4.69, 9.17) is 13.0 Å². The lowest BCUT2D eigenvalue weighted by atomic mass is 10.1. The third-order valence-corrected chi connectivity index (χ3v) is 15.9. The smallest absolute Gasteiger partial charge is 0.335 e. The fourth-order valence-corrected chi connectivity index (χ4v) is 15.5. The summed E-state index contributed by atoms with van der Waals surface area (Å²) in [4.78, 5) is 0. The molecule has 0 aromatic rings. The predicted molar refractivity (Wildman–Crippen MR) is 102 cm³/mol. The Kier molecular flexibility index (Phi) is 6.21. The highest BCUT2D eigenvalue weighted by atomic mass is 28.5. The van der Waals surface area contributed by atoms with E-state index < -0.39 is 23.2 Å². The number of aliphatic hydroxyl groups is 1. The van der Waals surface area contributed by atoms with E-state index in [9.17, 15) is 5.11 Å². The second kappa shape index (κ2) is 7.33. The highest BCUT2D eigenvalue weighted by Crippen LogP contribution is 2.47. The molecule has 0 bridgehead atoms. The van der Waals surface area contributed by atoms with Gasteiger partial charge in [-0.15, -0.1) is 0 Å². The van der Waals surface area contributed by atoms with Gasteiger partial charge in [-0.3, -0.25) is 0 Å². The highest BCUT2D eigenvalue weighted by Gasteiger charge is 2.59. The minimum absolute atomic E-state index is 0.123. The molecule has 0 aromatic heterocycles. The Morgan fingerprint density at radius 2 is 1.33 bits per heavy atom. The summed E-state index contributed by atoms with van der Waals surface area (Å²) in [5, 5.41) is 10.4. The first-order chi connectivity index (χ1) is 11.1. The molecule has 1 N–H and O–H groups in total. The van der Waals surface area contributed by atoms with Crippen LogP contribution in [-0.2, 0) is 13.0 Å². The predicted octanol–water partition coefficient (Wildman–Crippen LogP) is 4.49. The first kappa shape index (κ1) is 20.3. The molecule has 0 saturated carbocycles. The Morgan fingerprint density at radius 3 is 1.79 bits per heavy atom. The third-order valence-electron chi connectivity index (χ3n) is 5.67. The van der Waals surface area contributed by atoms with Gasteiger partial charge >= 0.3 is 17.1 Å². The topological polar surface area (TPSA) is 47.9 Å². The average molecular weight is 373 g/mol. The first-order valence-electron chi connectivity index (χ1n) is 9.45. The van der Waals surface area contributed by atoms with Crippen LogP contribution in [0.2, 0.25) is 22.2 Å². The molecule has 3 atom stereocenters. The minimum atomic E-state index is -2.57. The van der Waals surface area contributed by atoms with Gasteiger partial charge in [0.15, 0.2) is 0 Å². The average Bonchev–Trinajstić information content (AvgIpc) is 2.77. The molecule has 0 amide bonds. The SMILES string of the molecule is CC(C)[Si]1(C(C)C)OC[C@H]2C=C[C@H](O)[C@@H]2O[Si](C(C)C)(C(C)C)O1. The zero-order valence-electron chi connectivity index (χ0n) is 16.6. The van der Waals surface area contributed by atoms with Gasteiger partial charge in [0.05, 0.1) is 12.2 Å². The number of aliphatic hydroxyl groups excluding tert-OH is 1. The molecule has 140 valence electrons. The van der Waals surface area contributed by atoms with Crippen LogP contribution in [0.15, 0.2) is 12.2 Å². The zero-order valence-corrected chi connectivity index (χ0v) is 18.6. The Labute approximate surface area is 150 Å². The Bertz CT molecular complexity index is 446. The highest BCUT2D eigenvalue weighted by molar-refractivity contribution is 6.83. The summed E-state index contributed by atoms with van der Waals surface area (Å²) >= 11 is 0. The van der Waals surface area contributed by atoms with Crippen molar-refractivity contribution in [2.45, 2.75) is 89.8 Å². The van der Waals surface area contributed by atoms with Gasteiger partial charge in [0.2, 0.25) is 0 Å². The Morgan fingerprint density at radius 1 is 0.833 bits per heavy atom. The quantitative estimate of drug-likeness (QED) is 0.583. The maximum Gasteiger partial charge on any atom is 0.335 e. The Hall–Kier alpha value is 0.0138. The standard InChI is InChI=1S/C18H36O4Si2/c1-12(2)23(13(3)4)20-11-16-9-10-17(19)18(16)21-24(22-23,14(5)6)15(7)8/h9-10,12-19H,11H2,1-8H3/t16-,17+,18-/m1/s1. The van der Waals surface area contributed by atoms with E-state index in [-0.39, 0.29) is 12.0 Å². The summed E-state index contributed by atoms with van der Waals surface area (Å²) in [6.45, 7) is 18.3. The van der Waals surface area contributed by atoms with E-state index in [1.165, 1.54) is 0 Å². The van der Waals surface area contributed by atoms with Crippen LogP contribution in [-0.4, -0.2) is 41.0 Å². The van der Waals surface area contributed by atoms with E-state index in [1.54, 1.807) is 0 Å². The molecule has 4 nitrogen and oxygen atoms in total. The van der Waals surface area contributed by atoms with Crippen LogP contribution in [0.25, 0.3) is 0 Å². The lowest BCUT2D eigenvalue weighted by molar-refractivity contribution is -0.00878. The molecule has 1 fully saturated rings. The van der Waals surface area contributed by atoms with Gasteiger partial charge in [-0.1, -0.05) is 67.5 Å². The van der Waals surface area contributed by atoms with Gasteiger partial charge in [0.1, 0.15) is 0 Å². The molecular weight excluding hydrogens is 336 g/mol. The fourth-order valence-electron chi connectivity index (χ4n) is 4.19. The van der Waals surface area contributed by atoms with Crippen molar-refractivity contribution in [1.82, 2.24) is 0 Å². The molecule has 2 rings (SSSR count).